The number of carboxylic acid groups (broad SMARTS) is 1. The molecule has 0 aliphatic carbocycles. The first-order valence-electron chi connectivity index (χ1n) is 7.72. The van der Waals surface area contributed by atoms with Crippen LogP contribution in [0.3, 0.4) is 0 Å². The molecule has 1 rings (SSSR count). The van der Waals surface area contributed by atoms with Crippen LogP contribution < -0.4 is 9.46 Å². The summed E-state index contributed by atoms with van der Waals surface area (Å²) in [7, 11) is -2.95. The van der Waals surface area contributed by atoms with Gasteiger partial charge in [0.2, 0.25) is 10.0 Å². The van der Waals surface area contributed by atoms with Gasteiger partial charge in [-0.25, -0.2) is 13.2 Å². The van der Waals surface area contributed by atoms with Gasteiger partial charge < -0.3 is 14.6 Å². The molecule has 0 heterocycles. The highest BCUT2D eigenvalue weighted by atomic mass is 32.2. The minimum absolute atomic E-state index is 0.00534. The van der Waals surface area contributed by atoms with Gasteiger partial charge >= 0.3 is 11.9 Å². The third-order valence-electron chi connectivity index (χ3n) is 3.27. The number of hydrogen-bond donors (Lipinski definition) is 2. The Hall–Kier alpha value is -2.13. The molecule has 0 fully saturated rings. The largest absolute Gasteiger partial charge is 0.495 e. The molecule has 1 aromatic rings. The highest BCUT2D eigenvalue weighted by molar-refractivity contribution is 7.89. The highest BCUT2D eigenvalue weighted by Crippen LogP contribution is 2.26. The Kier molecular flexibility index (Phi) is 7.38. The summed E-state index contributed by atoms with van der Waals surface area (Å²) < 4.78 is 37.3. The topological polar surface area (TPSA) is 119 Å². The molecule has 8 nitrogen and oxygen atoms in total. The first-order chi connectivity index (χ1) is 11.6. The Morgan fingerprint density at radius 1 is 1.28 bits per heavy atom. The van der Waals surface area contributed by atoms with Gasteiger partial charge in [-0.2, -0.15) is 4.72 Å². The predicted molar refractivity (Wildman–Crippen MR) is 90.2 cm³/mol. The Morgan fingerprint density at radius 2 is 1.92 bits per heavy atom. The van der Waals surface area contributed by atoms with Gasteiger partial charge in [0, 0.05) is 0 Å². The standard InChI is InChI=1S/C16H23NO7S/c1-5-24-16(20)11-6-7-13(23-4)14(9-11)25(21,22)17-12(15(18)19)8-10(2)3/h6-7,9-10,12,17H,5,8H2,1-4H3,(H,18,19)/t12-/m1/s1. The van der Waals surface area contributed by atoms with Crippen molar-refractivity contribution < 1.29 is 32.6 Å². The number of carbonyl (C=O) groups is 2. The number of benzene rings is 1. The fourth-order valence-electron chi connectivity index (χ4n) is 2.15. The average Bonchev–Trinajstić information content (AvgIpc) is 2.53. The Bertz CT molecular complexity index is 728. The third-order valence-corrected chi connectivity index (χ3v) is 4.76. The monoisotopic (exact) mass is 373 g/mol. The van der Waals surface area contributed by atoms with Gasteiger partial charge in [0.1, 0.15) is 16.7 Å². The van der Waals surface area contributed by atoms with Crippen molar-refractivity contribution in [1.29, 1.82) is 0 Å². The van der Waals surface area contributed by atoms with E-state index in [4.69, 9.17) is 9.47 Å². The summed E-state index contributed by atoms with van der Waals surface area (Å²) in [6, 6.07) is 2.51. The summed E-state index contributed by atoms with van der Waals surface area (Å²) in [4.78, 5) is 22.8. The fourth-order valence-corrected chi connectivity index (χ4v) is 3.55. The molecule has 1 aromatic carbocycles. The lowest BCUT2D eigenvalue weighted by Crippen LogP contribution is -2.41. The molecule has 0 amide bonds. The summed E-state index contributed by atoms with van der Waals surface area (Å²) in [6.45, 7) is 5.34. The van der Waals surface area contributed by atoms with Crippen LogP contribution in [0.1, 0.15) is 37.6 Å². The van der Waals surface area contributed by atoms with E-state index in [0.717, 1.165) is 6.07 Å². The molecule has 0 spiro atoms. The van der Waals surface area contributed by atoms with E-state index in [-0.39, 0.29) is 35.2 Å². The van der Waals surface area contributed by atoms with E-state index >= 15 is 0 Å². The normalized spacial score (nSPS) is 12.7. The Labute approximate surface area is 147 Å². The molecule has 0 aromatic heterocycles. The molecule has 25 heavy (non-hydrogen) atoms. The van der Waals surface area contributed by atoms with Gasteiger partial charge in [0.05, 0.1) is 19.3 Å². The summed E-state index contributed by atoms with van der Waals surface area (Å²) in [6.07, 6.45) is 0.119. The molecule has 0 saturated heterocycles. The Balaban J connectivity index is 3.27. The maximum absolute atomic E-state index is 12.6. The van der Waals surface area contributed by atoms with Crippen molar-refractivity contribution in [3.05, 3.63) is 23.8 Å². The number of nitrogens with one attached hydrogen (secondary N) is 1. The molecule has 0 aliphatic rings. The van der Waals surface area contributed by atoms with Crippen molar-refractivity contribution in [1.82, 2.24) is 4.72 Å². The van der Waals surface area contributed by atoms with Crippen LogP contribution in [0.2, 0.25) is 0 Å². The van der Waals surface area contributed by atoms with E-state index < -0.39 is 28.0 Å². The summed E-state index contributed by atoms with van der Waals surface area (Å²) in [5.74, 6) is -2.00. The minimum atomic E-state index is -4.23. The molecule has 1 atom stereocenters. The zero-order valence-corrected chi connectivity index (χ0v) is 15.4. The van der Waals surface area contributed by atoms with Crippen LogP contribution in [-0.2, 0) is 19.6 Å². The highest BCUT2D eigenvalue weighted by Gasteiger charge is 2.29. The van der Waals surface area contributed by atoms with Crippen molar-refractivity contribution in [2.24, 2.45) is 5.92 Å². The number of carbonyl (C=O) groups excluding carboxylic acids is 1. The van der Waals surface area contributed by atoms with Crippen molar-refractivity contribution in [3.8, 4) is 5.75 Å². The van der Waals surface area contributed by atoms with E-state index in [9.17, 15) is 23.1 Å². The molecule has 2 N–H and O–H groups in total. The maximum atomic E-state index is 12.6. The number of hydrogen-bond acceptors (Lipinski definition) is 6. The molecule has 0 unspecified atom stereocenters. The van der Waals surface area contributed by atoms with Gasteiger partial charge in [0.25, 0.3) is 0 Å². The molecular weight excluding hydrogens is 350 g/mol. The SMILES string of the molecule is CCOC(=O)c1ccc(OC)c(S(=O)(=O)N[C@H](CC(C)C)C(=O)O)c1. The number of rotatable bonds is 9. The molecule has 0 radical (unpaired) electrons. The first kappa shape index (κ1) is 20.9. The van der Waals surface area contributed by atoms with E-state index in [2.05, 4.69) is 4.72 Å². The van der Waals surface area contributed by atoms with E-state index in [1.54, 1.807) is 20.8 Å². The Morgan fingerprint density at radius 3 is 2.40 bits per heavy atom. The van der Waals surface area contributed by atoms with Gasteiger partial charge in [-0.1, -0.05) is 13.8 Å². The number of sulfonamides is 1. The second-order valence-corrected chi connectivity index (χ2v) is 7.41. The van der Waals surface area contributed by atoms with Gasteiger partial charge in [0.15, 0.2) is 0 Å². The van der Waals surface area contributed by atoms with Crippen molar-refractivity contribution in [2.45, 2.75) is 38.1 Å². The minimum Gasteiger partial charge on any atom is -0.495 e. The lowest BCUT2D eigenvalue weighted by Gasteiger charge is -2.18. The number of carboxylic acids is 1. The summed E-state index contributed by atoms with van der Waals surface area (Å²) >= 11 is 0. The van der Waals surface area contributed by atoms with Crippen LogP contribution in [-0.4, -0.2) is 45.2 Å². The molecule has 0 saturated carbocycles. The smallest absolute Gasteiger partial charge is 0.338 e. The van der Waals surface area contributed by atoms with Crippen LogP contribution in [0.5, 0.6) is 5.75 Å². The molecule has 9 heteroatoms. The quantitative estimate of drug-likeness (QED) is 0.632. The van der Waals surface area contributed by atoms with Crippen LogP contribution in [0.15, 0.2) is 23.1 Å². The zero-order valence-electron chi connectivity index (χ0n) is 14.6. The number of aliphatic carboxylic acids is 1. The summed E-state index contributed by atoms with van der Waals surface area (Å²) in [5.41, 5.74) is 0.0266. The third kappa shape index (κ3) is 5.71. The maximum Gasteiger partial charge on any atom is 0.338 e. The number of methoxy groups -OCH3 is 1. The van der Waals surface area contributed by atoms with E-state index in [0.29, 0.717) is 0 Å². The van der Waals surface area contributed by atoms with Crippen molar-refractivity contribution in [3.63, 3.8) is 0 Å². The second-order valence-electron chi connectivity index (χ2n) is 5.73. The zero-order chi connectivity index (χ0) is 19.2. The fraction of sp³-hybridized carbons (Fsp3) is 0.500. The van der Waals surface area contributed by atoms with Crippen LogP contribution in [0, 0.1) is 5.92 Å². The van der Waals surface area contributed by atoms with Crippen LogP contribution in [0.25, 0.3) is 0 Å². The lowest BCUT2D eigenvalue weighted by atomic mass is 10.1. The van der Waals surface area contributed by atoms with E-state index in [1.165, 1.54) is 19.2 Å². The molecular formula is C16H23NO7S. The molecule has 0 aliphatic heterocycles. The van der Waals surface area contributed by atoms with Crippen molar-refractivity contribution >= 4 is 22.0 Å². The first-order valence-corrected chi connectivity index (χ1v) is 9.21. The second kappa shape index (κ2) is 8.82. The predicted octanol–water partition coefficient (Wildman–Crippen LogP) is 1.65. The number of ether oxygens (including phenoxy) is 2. The van der Waals surface area contributed by atoms with Crippen molar-refractivity contribution in [2.75, 3.05) is 13.7 Å². The van der Waals surface area contributed by atoms with Crippen LogP contribution >= 0.6 is 0 Å². The van der Waals surface area contributed by atoms with Gasteiger partial charge in [-0.05, 0) is 37.5 Å². The average molecular weight is 373 g/mol. The van der Waals surface area contributed by atoms with Crippen LogP contribution in [0.4, 0.5) is 0 Å². The van der Waals surface area contributed by atoms with Gasteiger partial charge in [-0.15, -0.1) is 0 Å². The molecule has 0 bridgehead atoms. The summed E-state index contributed by atoms with van der Waals surface area (Å²) in [5, 5.41) is 9.24. The van der Waals surface area contributed by atoms with Gasteiger partial charge in [-0.3, -0.25) is 4.79 Å². The number of esters is 1. The lowest BCUT2D eigenvalue weighted by molar-refractivity contribution is -0.139. The van der Waals surface area contributed by atoms with E-state index in [1.807, 2.05) is 0 Å². The molecule has 140 valence electrons.